The molecule has 0 amide bonds. The van der Waals surface area contributed by atoms with Crippen molar-refractivity contribution in [3.8, 4) is 0 Å². The van der Waals surface area contributed by atoms with E-state index in [1.165, 1.54) is 19.3 Å². The highest BCUT2D eigenvalue weighted by molar-refractivity contribution is 7.80. The van der Waals surface area contributed by atoms with Gasteiger partial charge in [0, 0.05) is 11.7 Å². The second kappa shape index (κ2) is 5.68. The van der Waals surface area contributed by atoms with Gasteiger partial charge in [0.05, 0.1) is 10.6 Å². The average Bonchev–Trinajstić information content (AvgIpc) is 2.26. The van der Waals surface area contributed by atoms with E-state index in [1.54, 1.807) is 0 Å². The third-order valence-corrected chi connectivity index (χ3v) is 4.34. The highest BCUT2D eigenvalue weighted by Crippen LogP contribution is 2.37. The topological polar surface area (TPSA) is 38.0 Å². The first-order valence-electron chi connectivity index (χ1n) is 6.74. The highest BCUT2D eigenvalue weighted by Gasteiger charge is 2.28. The first-order chi connectivity index (χ1) is 8.89. The number of hydrogen-bond donors (Lipinski definition) is 2. The molecule has 1 unspecified atom stereocenters. The molecule has 1 atom stereocenters. The normalized spacial score (nSPS) is 21.9. The number of thiocarbonyl (C=S) groups is 1. The van der Waals surface area contributed by atoms with Crippen molar-refractivity contribution in [2.24, 2.45) is 11.1 Å². The van der Waals surface area contributed by atoms with Crippen LogP contribution in [0.4, 0.5) is 5.69 Å². The standard InChI is InChI=1S/C15H21ClN2S/c1-15(2)8-4-5-10(9-15)18-12-7-3-6-11(16)13(12)14(17)19/h3,6-7,10,18H,4-5,8-9H2,1-2H3,(H2,17,19). The minimum atomic E-state index is 0.350. The summed E-state index contributed by atoms with van der Waals surface area (Å²) in [6, 6.07) is 6.23. The summed E-state index contributed by atoms with van der Waals surface area (Å²) in [7, 11) is 0. The van der Waals surface area contributed by atoms with E-state index in [-0.39, 0.29) is 0 Å². The molecule has 0 radical (unpaired) electrons. The maximum Gasteiger partial charge on any atom is 0.107 e. The molecule has 1 saturated carbocycles. The lowest BCUT2D eigenvalue weighted by Gasteiger charge is -2.36. The molecule has 4 heteroatoms. The first-order valence-corrected chi connectivity index (χ1v) is 7.52. The lowest BCUT2D eigenvalue weighted by Crippen LogP contribution is -2.32. The molecule has 2 nitrogen and oxygen atoms in total. The van der Waals surface area contributed by atoms with E-state index in [2.05, 4.69) is 19.2 Å². The fraction of sp³-hybridized carbons (Fsp3) is 0.533. The third kappa shape index (κ3) is 3.61. The molecule has 0 aromatic heterocycles. The Morgan fingerprint density at radius 2 is 2.21 bits per heavy atom. The summed E-state index contributed by atoms with van der Waals surface area (Å²) in [5.41, 5.74) is 7.91. The minimum Gasteiger partial charge on any atom is -0.389 e. The highest BCUT2D eigenvalue weighted by atomic mass is 35.5. The monoisotopic (exact) mass is 296 g/mol. The zero-order valence-electron chi connectivity index (χ0n) is 11.5. The molecule has 0 aliphatic heterocycles. The Hall–Kier alpha value is -0.800. The molecular formula is C15H21ClN2S. The van der Waals surface area contributed by atoms with Crippen LogP contribution >= 0.6 is 23.8 Å². The summed E-state index contributed by atoms with van der Waals surface area (Å²) >= 11 is 11.3. The SMILES string of the molecule is CC1(C)CCCC(Nc2cccc(Cl)c2C(N)=S)C1. The third-order valence-electron chi connectivity index (χ3n) is 3.82. The van der Waals surface area contributed by atoms with Crippen LogP contribution in [0.25, 0.3) is 0 Å². The Morgan fingerprint density at radius 1 is 1.47 bits per heavy atom. The number of rotatable bonds is 3. The molecule has 1 aromatic rings. The number of anilines is 1. The van der Waals surface area contributed by atoms with Crippen molar-refractivity contribution >= 4 is 34.5 Å². The number of nitrogens with one attached hydrogen (secondary N) is 1. The average molecular weight is 297 g/mol. The quantitative estimate of drug-likeness (QED) is 0.814. The van der Waals surface area contributed by atoms with E-state index >= 15 is 0 Å². The van der Waals surface area contributed by atoms with Crippen LogP contribution in [-0.4, -0.2) is 11.0 Å². The Bertz CT molecular complexity index is 485. The fourth-order valence-electron chi connectivity index (χ4n) is 2.94. The molecule has 104 valence electrons. The lowest BCUT2D eigenvalue weighted by atomic mass is 9.75. The molecular weight excluding hydrogens is 276 g/mol. The molecule has 0 spiro atoms. The van der Waals surface area contributed by atoms with E-state index in [9.17, 15) is 0 Å². The van der Waals surface area contributed by atoms with Crippen LogP contribution in [0.5, 0.6) is 0 Å². The van der Waals surface area contributed by atoms with Gasteiger partial charge in [-0.1, -0.05) is 50.2 Å². The Kier molecular flexibility index (Phi) is 4.36. The summed E-state index contributed by atoms with van der Waals surface area (Å²) in [5.74, 6) is 0. The maximum absolute atomic E-state index is 6.19. The van der Waals surface area contributed by atoms with E-state index in [1.807, 2.05) is 18.2 Å². The smallest absolute Gasteiger partial charge is 0.107 e. The lowest BCUT2D eigenvalue weighted by molar-refractivity contribution is 0.229. The van der Waals surface area contributed by atoms with Crippen molar-refractivity contribution in [1.29, 1.82) is 0 Å². The van der Waals surface area contributed by atoms with Crippen molar-refractivity contribution in [3.63, 3.8) is 0 Å². The number of halogens is 1. The Morgan fingerprint density at radius 3 is 2.84 bits per heavy atom. The summed E-state index contributed by atoms with van der Waals surface area (Å²) in [4.78, 5) is 0.350. The van der Waals surface area contributed by atoms with Gasteiger partial charge in [0.25, 0.3) is 0 Å². The van der Waals surface area contributed by atoms with Gasteiger partial charge in [0.1, 0.15) is 4.99 Å². The summed E-state index contributed by atoms with van der Waals surface area (Å²) in [6.45, 7) is 4.65. The van der Waals surface area contributed by atoms with E-state index < -0.39 is 0 Å². The van der Waals surface area contributed by atoms with Gasteiger partial charge in [0.2, 0.25) is 0 Å². The van der Waals surface area contributed by atoms with Crippen molar-refractivity contribution in [2.45, 2.75) is 45.6 Å². The van der Waals surface area contributed by atoms with Crippen molar-refractivity contribution in [2.75, 3.05) is 5.32 Å². The van der Waals surface area contributed by atoms with Crippen LogP contribution in [0.1, 0.15) is 45.1 Å². The second-order valence-electron chi connectivity index (χ2n) is 6.13. The van der Waals surface area contributed by atoms with Crippen LogP contribution in [-0.2, 0) is 0 Å². The molecule has 1 fully saturated rings. The van der Waals surface area contributed by atoms with Crippen LogP contribution < -0.4 is 11.1 Å². The summed E-state index contributed by atoms with van der Waals surface area (Å²) in [5, 5.41) is 4.19. The van der Waals surface area contributed by atoms with Gasteiger partial charge in [0.15, 0.2) is 0 Å². The van der Waals surface area contributed by atoms with Crippen molar-refractivity contribution < 1.29 is 0 Å². The van der Waals surface area contributed by atoms with Crippen LogP contribution in [0.2, 0.25) is 5.02 Å². The summed E-state index contributed by atoms with van der Waals surface area (Å²) < 4.78 is 0. The first kappa shape index (κ1) is 14.6. The number of nitrogens with two attached hydrogens (primary N) is 1. The van der Waals surface area contributed by atoms with Gasteiger partial charge in [-0.3, -0.25) is 0 Å². The molecule has 19 heavy (non-hydrogen) atoms. The van der Waals surface area contributed by atoms with E-state index in [0.717, 1.165) is 17.7 Å². The van der Waals surface area contributed by atoms with Gasteiger partial charge in [-0.05, 0) is 36.8 Å². The van der Waals surface area contributed by atoms with E-state index in [0.29, 0.717) is 21.5 Å². The van der Waals surface area contributed by atoms with Gasteiger partial charge < -0.3 is 11.1 Å². The van der Waals surface area contributed by atoms with Crippen molar-refractivity contribution in [3.05, 3.63) is 28.8 Å². The largest absolute Gasteiger partial charge is 0.389 e. The van der Waals surface area contributed by atoms with Crippen LogP contribution in [0.15, 0.2) is 18.2 Å². The minimum absolute atomic E-state index is 0.350. The maximum atomic E-state index is 6.19. The van der Waals surface area contributed by atoms with Gasteiger partial charge in [-0.25, -0.2) is 0 Å². The molecule has 0 saturated heterocycles. The zero-order chi connectivity index (χ0) is 14.0. The van der Waals surface area contributed by atoms with E-state index in [4.69, 9.17) is 29.6 Å². The molecule has 0 heterocycles. The molecule has 2 rings (SSSR count). The molecule has 0 bridgehead atoms. The number of hydrogen-bond acceptors (Lipinski definition) is 2. The Labute approximate surface area is 125 Å². The molecule has 3 N–H and O–H groups in total. The predicted octanol–water partition coefficient (Wildman–Crippen LogP) is 4.35. The second-order valence-corrected chi connectivity index (χ2v) is 6.98. The zero-order valence-corrected chi connectivity index (χ0v) is 13.1. The van der Waals surface area contributed by atoms with Gasteiger partial charge in [-0.15, -0.1) is 0 Å². The molecule has 1 aromatic carbocycles. The van der Waals surface area contributed by atoms with Crippen LogP contribution in [0.3, 0.4) is 0 Å². The molecule has 1 aliphatic carbocycles. The predicted molar refractivity (Wildman–Crippen MR) is 87.0 cm³/mol. The number of benzene rings is 1. The van der Waals surface area contributed by atoms with Crippen LogP contribution in [0, 0.1) is 5.41 Å². The Balaban J connectivity index is 2.19. The summed E-state index contributed by atoms with van der Waals surface area (Å²) in [6.07, 6.45) is 4.90. The molecule has 1 aliphatic rings. The van der Waals surface area contributed by atoms with Gasteiger partial charge >= 0.3 is 0 Å². The van der Waals surface area contributed by atoms with Gasteiger partial charge in [-0.2, -0.15) is 0 Å². The fourth-order valence-corrected chi connectivity index (χ4v) is 3.49. The van der Waals surface area contributed by atoms with Crippen molar-refractivity contribution in [1.82, 2.24) is 0 Å².